The average Bonchev–Trinajstić information content (AvgIpc) is 2.89. The Kier molecular flexibility index (Phi) is 7.34. The zero-order valence-electron chi connectivity index (χ0n) is 10.8. The van der Waals surface area contributed by atoms with Gasteiger partial charge >= 0.3 is 5.97 Å². The van der Waals surface area contributed by atoms with Gasteiger partial charge in [-0.1, -0.05) is 32.3 Å². The second-order valence-corrected chi connectivity index (χ2v) is 5.13. The van der Waals surface area contributed by atoms with Crippen molar-refractivity contribution in [1.82, 2.24) is 0 Å². The number of carbonyl (C=O) groups is 2. The summed E-state index contributed by atoms with van der Waals surface area (Å²) in [5.41, 5.74) is 0. The van der Waals surface area contributed by atoms with Gasteiger partial charge in [0.15, 0.2) is 5.78 Å². The minimum absolute atomic E-state index is 0.0212. The van der Waals surface area contributed by atoms with Crippen LogP contribution in [-0.4, -0.2) is 18.4 Å². The maximum absolute atomic E-state index is 11.6. The van der Waals surface area contributed by atoms with Gasteiger partial charge in [0.05, 0.1) is 17.9 Å². The van der Waals surface area contributed by atoms with Crippen molar-refractivity contribution < 1.29 is 14.3 Å². The molecule has 0 amide bonds. The highest BCUT2D eigenvalue weighted by Gasteiger charge is 2.10. The summed E-state index contributed by atoms with van der Waals surface area (Å²) in [5, 5.41) is 1.86. The van der Waals surface area contributed by atoms with Gasteiger partial charge in [-0.3, -0.25) is 9.59 Å². The molecular weight excluding hydrogens is 248 g/mol. The normalized spacial score (nSPS) is 10.3. The molecule has 0 aliphatic carbocycles. The fourth-order valence-electron chi connectivity index (χ4n) is 1.56. The lowest BCUT2D eigenvalue weighted by Crippen LogP contribution is -2.08. The first-order chi connectivity index (χ1) is 8.74. The molecule has 0 atom stereocenters. The van der Waals surface area contributed by atoms with Crippen LogP contribution in [0, 0.1) is 0 Å². The molecule has 0 unspecified atom stereocenters. The minimum Gasteiger partial charge on any atom is -0.466 e. The van der Waals surface area contributed by atoms with Crippen molar-refractivity contribution in [2.75, 3.05) is 6.61 Å². The van der Waals surface area contributed by atoms with E-state index in [1.807, 2.05) is 11.4 Å². The Morgan fingerprint density at radius 1 is 1.22 bits per heavy atom. The van der Waals surface area contributed by atoms with E-state index in [1.165, 1.54) is 24.2 Å². The van der Waals surface area contributed by atoms with E-state index in [1.54, 1.807) is 6.07 Å². The average molecular weight is 268 g/mol. The van der Waals surface area contributed by atoms with E-state index in [0.717, 1.165) is 12.8 Å². The fraction of sp³-hybridized carbons (Fsp3) is 0.571. The Hall–Kier alpha value is -1.16. The van der Waals surface area contributed by atoms with Crippen LogP contribution in [0.5, 0.6) is 0 Å². The van der Waals surface area contributed by atoms with E-state index >= 15 is 0 Å². The number of Topliss-reactive ketones (excluding diaryl/α,β-unsaturated/α-hetero) is 1. The molecule has 0 aliphatic rings. The summed E-state index contributed by atoms with van der Waals surface area (Å²) in [6, 6.07) is 3.62. The highest BCUT2D eigenvalue weighted by molar-refractivity contribution is 7.12. The Labute approximate surface area is 112 Å². The first kappa shape index (κ1) is 14.9. The fourth-order valence-corrected chi connectivity index (χ4v) is 2.26. The van der Waals surface area contributed by atoms with Crippen LogP contribution in [0.1, 0.15) is 55.1 Å². The molecule has 0 fully saturated rings. The third kappa shape index (κ3) is 5.96. The Morgan fingerprint density at radius 2 is 2.06 bits per heavy atom. The van der Waals surface area contributed by atoms with Crippen molar-refractivity contribution in [1.29, 1.82) is 0 Å². The standard InChI is InChI=1S/C14H20O3S/c1-2-3-4-5-10-17-14(16)9-8-12(15)13-7-6-11-18-13/h6-7,11H,2-5,8-10H2,1H3. The van der Waals surface area contributed by atoms with Crippen LogP contribution in [0.4, 0.5) is 0 Å². The summed E-state index contributed by atoms with van der Waals surface area (Å²) in [7, 11) is 0. The molecule has 0 radical (unpaired) electrons. The molecule has 3 nitrogen and oxygen atoms in total. The molecule has 0 bridgehead atoms. The summed E-state index contributed by atoms with van der Waals surface area (Å²) < 4.78 is 5.07. The van der Waals surface area contributed by atoms with Gasteiger partial charge in [-0.25, -0.2) is 0 Å². The van der Waals surface area contributed by atoms with Gasteiger partial charge in [0.1, 0.15) is 0 Å². The number of carbonyl (C=O) groups excluding carboxylic acids is 2. The lowest BCUT2D eigenvalue weighted by Gasteiger charge is -2.03. The maximum atomic E-state index is 11.6. The van der Waals surface area contributed by atoms with Gasteiger partial charge in [0.2, 0.25) is 0 Å². The summed E-state index contributed by atoms with van der Waals surface area (Å²) in [5.74, 6) is -0.246. The predicted molar refractivity (Wildman–Crippen MR) is 73.0 cm³/mol. The molecule has 1 aromatic heterocycles. The van der Waals surface area contributed by atoms with Crippen molar-refractivity contribution in [2.24, 2.45) is 0 Å². The lowest BCUT2D eigenvalue weighted by atomic mass is 10.2. The predicted octanol–water partition coefficient (Wildman–Crippen LogP) is 3.83. The molecule has 0 N–H and O–H groups in total. The summed E-state index contributed by atoms with van der Waals surface area (Å²) in [6.07, 6.45) is 4.78. The zero-order chi connectivity index (χ0) is 13.2. The Balaban J connectivity index is 2.08. The molecule has 18 heavy (non-hydrogen) atoms. The van der Waals surface area contributed by atoms with Gasteiger partial charge in [-0.2, -0.15) is 0 Å². The number of ketones is 1. The molecule has 0 spiro atoms. The number of rotatable bonds is 9. The summed E-state index contributed by atoms with van der Waals surface area (Å²) in [4.78, 5) is 23.7. The Morgan fingerprint density at radius 3 is 2.72 bits per heavy atom. The molecule has 0 saturated heterocycles. The quantitative estimate of drug-likeness (QED) is 0.388. The largest absolute Gasteiger partial charge is 0.466 e. The molecule has 1 rings (SSSR count). The molecule has 0 aromatic carbocycles. The monoisotopic (exact) mass is 268 g/mol. The van der Waals surface area contributed by atoms with E-state index in [9.17, 15) is 9.59 Å². The molecule has 0 aliphatic heterocycles. The first-order valence-electron chi connectivity index (χ1n) is 6.46. The van der Waals surface area contributed by atoms with Crippen molar-refractivity contribution in [3.05, 3.63) is 22.4 Å². The first-order valence-corrected chi connectivity index (χ1v) is 7.34. The number of esters is 1. The van der Waals surface area contributed by atoms with Gasteiger partial charge in [-0.05, 0) is 17.9 Å². The second kappa shape index (κ2) is 8.86. The third-order valence-corrected chi connectivity index (χ3v) is 3.52. The van der Waals surface area contributed by atoms with Crippen molar-refractivity contribution in [2.45, 2.75) is 45.4 Å². The highest BCUT2D eigenvalue weighted by Crippen LogP contribution is 2.12. The van der Waals surface area contributed by atoms with E-state index in [-0.39, 0.29) is 24.6 Å². The number of thiophene rings is 1. The van der Waals surface area contributed by atoms with E-state index in [4.69, 9.17) is 4.74 Å². The molecule has 1 aromatic rings. The molecule has 4 heteroatoms. The smallest absolute Gasteiger partial charge is 0.306 e. The van der Waals surface area contributed by atoms with E-state index in [0.29, 0.717) is 11.5 Å². The summed E-state index contributed by atoms with van der Waals surface area (Å²) >= 11 is 1.41. The van der Waals surface area contributed by atoms with Crippen LogP contribution in [0.25, 0.3) is 0 Å². The Bertz CT molecular complexity index is 357. The third-order valence-electron chi connectivity index (χ3n) is 2.61. The topological polar surface area (TPSA) is 43.4 Å². The van der Waals surface area contributed by atoms with Gasteiger partial charge < -0.3 is 4.74 Å². The van der Waals surface area contributed by atoms with Crippen LogP contribution >= 0.6 is 11.3 Å². The van der Waals surface area contributed by atoms with Crippen molar-refractivity contribution >= 4 is 23.1 Å². The van der Waals surface area contributed by atoms with Crippen LogP contribution < -0.4 is 0 Å². The maximum Gasteiger partial charge on any atom is 0.306 e. The SMILES string of the molecule is CCCCCCOC(=O)CCC(=O)c1cccs1. The van der Waals surface area contributed by atoms with Crippen LogP contribution in [0.2, 0.25) is 0 Å². The van der Waals surface area contributed by atoms with Crippen molar-refractivity contribution in [3.8, 4) is 0 Å². The number of ether oxygens (including phenoxy) is 1. The highest BCUT2D eigenvalue weighted by atomic mass is 32.1. The lowest BCUT2D eigenvalue weighted by molar-refractivity contribution is -0.143. The number of hydrogen-bond acceptors (Lipinski definition) is 4. The van der Waals surface area contributed by atoms with Crippen LogP contribution in [-0.2, 0) is 9.53 Å². The van der Waals surface area contributed by atoms with Gasteiger partial charge in [-0.15, -0.1) is 11.3 Å². The van der Waals surface area contributed by atoms with Gasteiger partial charge in [0, 0.05) is 6.42 Å². The van der Waals surface area contributed by atoms with E-state index in [2.05, 4.69) is 6.92 Å². The molecular formula is C14H20O3S. The van der Waals surface area contributed by atoms with Gasteiger partial charge in [0.25, 0.3) is 0 Å². The van der Waals surface area contributed by atoms with E-state index < -0.39 is 0 Å². The molecule has 100 valence electrons. The minimum atomic E-state index is -0.267. The summed E-state index contributed by atoms with van der Waals surface area (Å²) in [6.45, 7) is 2.62. The second-order valence-electron chi connectivity index (χ2n) is 4.18. The van der Waals surface area contributed by atoms with Crippen LogP contribution in [0.15, 0.2) is 17.5 Å². The number of hydrogen-bond donors (Lipinski definition) is 0. The zero-order valence-corrected chi connectivity index (χ0v) is 11.6. The van der Waals surface area contributed by atoms with Crippen LogP contribution in [0.3, 0.4) is 0 Å². The molecule has 0 saturated carbocycles. The molecule has 1 heterocycles. The van der Waals surface area contributed by atoms with Crippen molar-refractivity contribution in [3.63, 3.8) is 0 Å². The number of unbranched alkanes of at least 4 members (excludes halogenated alkanes) is 3.